The van der Waals surface area contributed by atoms with Gasteiger partial charge in [-0.3, -0.25) is 14.4 Å². The zero-order valence-corrected chi connectivity index (χ0v) is 22.6. The Hall–Kier alpha value is -2.40. The van der Waals surface area contributed by atoms with E-state index in [-0.39, 0.29) is 35.2 Å². The third-order valence-corrected chi connectivity index (χ3v) is 5.59. The third-order valence-electron chi connectivity index (χ3n) is 4.82. The molecule has 3 aromatic carbocycles. The standard InChI is InChI=1S/3C7H6OS.C6H14O3/c3*8-7(9)6-4-2-1-3-5-6;1-2-6(3-7,4-8)5-9/h3*1-5H,(H,8,9);7-9H,2-5H2,1H3. The van der Waals surface area contributed by atoms with E-state index in [0.29, 0.717) is 23.1 Å². The predicted molar refractivity (Wildman–Crippen MR) is 153 cm³/mol. The van der Waals surface area contributed by atoms with Crippen LogP contribution in [0.5, 0.6) is 0 Å². The number of carbonyl (C=O) groups is 3. The molecule has 0 aliphatic rings. The molecule has 6 nitrogen and oxygen atoms in total. The van der Waals surface area contributed by atoms with Crippen LogP contribution in [0.4, 0.5) is 0 Å². The molecule has 0 spiro atoms. The van der Waals surface area contributed by atoms with Crippen LogP contribution in [0.3, 0.4) is 0 Å². The molecular weight excluding hydrogens is 516 g/mol. The highest BCUT2D eigenvalue weighted by molar-refractivity contribution is 7.97. The fourth-order valence-electron chi connectivity index (χ4n) is 2.23. The van der Waals surface area contributed by atoms with Gasteiger partial charge >= 0.3 is 0 Å². The van der Waals surface area contributed by atoms with E-state index in [9.17, 15) is 14.4 Å². The van der Waals surface area contributed by atoms with Gasteiger partial charge < -0.3 is 15.3 Å². The van der Waals surface area contributed by atoms with Crippen LogP contribution >= 0.6 is 37.9 Å². The molecule has 3 N–H and O–H groups in total. The lowest BCUT2D eigenvalue weighted by Crippen LogP contribution is -2.32. The Balaban J connectivity index is 0.000000454. The molecule has 0 aliphatic carbocycles. The maximum Gasteiger partial charge on any atom is 0.216 e. The van der Waals surface area contributed by atoms with E-state index in [0.717, 1.165) is 0 Å². The molecule has 0 fully saturated rings. The van der Waals surface area contributed by atoms with Crippen molar-refractivity contribution in [1.82, 2.24) is 0 Å². The van der Waals surface area contributed by atoms with E-state index < -0.39 is 5.41 Å². The number of hydrogen-bond acceptors (Lipinski definition) is 6. The van der Waals surface area contributed by atoms with Crippen molar-refractivity contribution in [2.75, 3.05) is 19.8 Å². The van der Waals surface area contributed by atoms with Crippen LogP contribution in [0.15, 0.2) is 91.0 Å². The summed E-state index contributed by atoms with van der Waals surface area (Å²) in [6.45, 7) is 1.35. The molecule has 0 saturated heterocycles. The van der Waals surface area contributed by atoms with Crippen molar-refractivity contribution in [1.29, 1.82) is 0 Å². The Morgan fingerprint density at radius 3 is 0.861 bits per heavy atom. The molecule has 0 radical (unpaired) electrons. The van der Waals surface area contributed by atoms with Crippen molar-refractivity contribution in [3.8, 4) is 0 Å². The van der Waals surface area contributed by atoms with Crippen molar-refractivity contribution in [2.24, 2.45) is 5.41 Å². The summed E-state index contributed by atoms with van der Waals surface area (Å²) in [5, 5.41) is 25.4. The van der Waals surface area contributed by atoms with Gasteiger partial charge in [-0.15, -0.1) is 37.9 Å². The average molecular weight is 549 g/mol. The molecule has 0 amide bonds. The minimum Gasteiger partial charge on any atom is -0.396 e. The molecule has 0 atom stereocenters. The number of benzene rings is 3. The average Bonchev–Trinajstić information content (AvgIpc) is 2.93. The first kappa shape index (κ1) is 33.6. The van der Waals surface area contributed by atoms with E-state index in [2.05, 4.69) is 37.9 Å². The van der Waals surface area contributed by atoms with Crippen molar-refractivity contribution in [3.63, 3.8) is 0 Å². The van der Waals surface area contributed by atoms with Crippen LogP contribution in [0.1, 0.15) is 44.4 Å². The molecule has 0 aromatic heterocycles. The Bertz CT molecular complexity index is 876. The number of aliphatic hydroxyl groups is 3. The fraction of sp³-hybridized carbons (Fsp3) is 0.222. The Labute approximate surface area is 228 Å². The van der Waals surface area contributed by atoms with Crippen LogP contribution in [0, 0.1) is 5.41 Å². The van der Waals surface area contributed by atoms with Crippen LogP contribution in [-0.4, -0.2) is 50.5 Å². The smallest absolute Gasteiger partial charge is 0.216 e. The maximum absolute atomic E-state index is 10.5. The number of rotatable bonds is 7. The second-order valence-electron chi connectivity index (χ2n) is 7.34. The summed E-state index contributed by atoms with van der Waals surface area (Å²) in [6, 6.07) is 26.8. The highest BCUT2D eigenvalue weighted by atomic mass is 32.1. The van der Waals surface area contributed by atoms with Gasteiger partial charge in [0.25, 0.3) is 0 Å². The summed E-state index contributed by atoms with van der Waals surface area (Å²) in [7, 11) is 0. The minimum atomic E-state index is -0.667. The van der Waals surface area contributed by atoms with Gasteiger partial charge in [0.05, 0.1) is 19.8 Å². The fourth-order valence-corrected chi connectivity index (χ4v) is 2.67. The first-order valence-corrected chi connectivity index (χ1v) is 12.2. The monoisotopic (exact) mass is 548 g/mol. The van der Waals surface area contributed by atoms with Crippen LogP contribution in [0.25, 0.3) is 0 Å². The molecule has 0 aliphatic heterocycles. The molecule has 0 unspecified atom stereocenters. The first-order valence-electron chi connectivity index (χ1n) is 10.8. The second kappa shape index (κ2) is 19.7. The van der Waals surface area contributed by atoms with Gasteiger partial charge in [0.15, 0.2) is 0 Å². The van der Waals surface area contributed by atoms with Crippen molar-refractivity contribution in [3.05, 3.63) is 108 Å². The van der Waals surface area contributed by atoms with E-state index >= 15 is 0 Å². The maximum atomic E-state index is 10.5. The van der Waals surface area contributed by atoms with Crippen molar-refractivity contribution < 1.29 is 29.7 Å². The second-order valence-corrected chi connectivity index (χ2v) is 8.56. The van der Waals surface area contributed by atoms with Crippen LogP contribution in [0.2, 0.25) is 0 Å². The zero-order valence-electron chi connectivity index (χ0n) is 19.9. The van der Waals surface area contributed by atoms with Gasteiger partial charge in [0, 0.05) is 22.1 Å². The lowest BCUT2D eigenvalue weighted by molar-refractivity contribution is 0.00304. The highest BCUT2D eigenvalue weighted by Crippen LogP contribution is 2.18. The minimum absolute atomic E-state index is 0.156. The van der Waals surface area contributed by atoms with Gasteiger partial charge in [-0.05, 0) is 6.42 Å². The van der Waals surface area contributed by atoms with E-state index in [1.165, 1.54) is 0 Å². The normalized spacial score (nSPS) is 9.75. The molecule has 0 heterocycles. The van der Waals surface area contributed by atoms with E-state index in [1.807, 2.05) is 61.5 Å². The van der Waals surface area contributed by atoms with Crippen molar-refractivity contribution in [2.45, 2.75) is 13.3 Å². The van der Waals surface area contributed by atoms with Crippen molar-refractivity contribution >= 4 is 53.2 Å². The van der Waals surface area contributed by atoms with Crippen LogP contribution in [-0.2, 0) is 0 Å². The number of hydrogen-bond donors (Lipinski definition) is 6. The number of thiol groups is 3. The third kappa shape index (κ3) is 14.2. The largest absolute Gasteiger partial charge is 0.396 e. The number of aliphatic hydroxyl groups excluding tert-OH is 3. The highest BCUT2D eigenvalue weighted by Gasteiger charge is 2.24. The molecule has 3 aromatic rings. The summed E-state index contributed by atoms with van der Waals surface area (Å²) in [5.41, 5.74) is 1.25. The first-order chi connectivity index (χ1) is 17.2. The Morgan fingerprint density at radius 1 is 0.556 bits per heavy atom. The van der Waals surface area contributed by atoms with Crippen LogP contribution < -0.4 is 0 Å². The van der Waals surface area contributed by atoms with Gasteiger partial charge in [-0.2, -0.15) is 0 Å². The summed E-state index contributed by atoms with van der Waals surface area (Å²) in [5.74, 6) is 0. The summed E-state index contributed by atoms with van der Waals surface area (Å²) in [6.07, 6.45) is 0.594. The Kier molecular flexibility index (Phi) is 18.4. The molecule has 194 valence electrons. The summed E-state index contributed by atoms with van der Waals surface area (Å²) in [4.78, 5) is 31.5. The zero-order chi connectivity index (χ0) is 27.4. The van der Waals surface area contributed by atoms with Gasteiger partial charge in [0.1, 0.15) is 0 Å². The molecule has 0 bridgehead atoms. The summed E-state index contributed by atoms with van der Waals surface area (Å²) < 4.78 is 0. The van der Waals surface area contributed by atoms with E-state index in [4.69, 9.17) is 15.3 Å². The molecular formula is C27H32O6S3. The SMILES string of the molecule is CCC(CO)(CO)CO.O=C(S)c1ccccc1.O=C(S)c1ccccc1.O=C(S)c1ccccc1. The lowest BCUT2D eigenvalue weighted by Gasteiger charge is -2.24. The quantitative estimate of drug-likeness (QED) is 0.240. The van der Waals surface area contributed by atoms with E-state index in [1.54, 1.807) is 36.4 Å². The number of carbonyl (C=O) groups excluding carboxylic acids is 3. The van der Waals surface area contributed by atoms with Gasteiger partial charge in [-0.1, -0.05) is 97.9 Å². The Morgan fingerprint density at radius 2 is 0.778 bits per heavy atom. The van der Waals surface area contributed by atoms with Gasteiger partial charge in [0.2, 0.25) is 15.3 Å². The molecule has 3 rings (SSSR count). The predicted octanol–water partition coefficient (Wildman–Crippen LogP) is 4.63. The molecule has 9 heteroatoms. The summed E-state index contributed by atoms with van der Waals surface area (Å²) >= 11 is 10.9. The lowest BCUT2D eigenvalue weighted by atomic mass is 9.88. The topological polar surface area (TPSA) is 112 Å². The molecule has 36 heavy (non-hydrogen) atoms. The molecule has 0 saturated carbocycles. The van der Waals surface area contributed by atoms with Gasteiger partial charge in [-0.25, -0.2) is 0 Å².